The van der Waals surface area contributed by atoms with Crippen molar-refractivity contribution in [3.8, 4) is 0 Å². The Bertz CT molecular complexity index is 345. The molecular formula is C11H15BrN2. The first kappa shape index (κ1) is 9.99. The van der Waals surface area contributed by atoms with E-state index in [0.717, 1.165) is 23.0 Å². The van der Waals surface area contributed by atoms with Crippen LogP contribution in [0.1, 0.15) is 24.8 Å². The van der Waals surface area contributed by atoms with Crippen LogP contribution in [0.2, 0.25) is 0 Å². The smallest absolute Gasteiger partial charge is 0.0317 e. The van der Waals surface area contributed by atoms with Crippen LogP contribution < -0.4 is 11.5 Å². The van der Waals surface area contributed by atoms with Crippen molar-refractivity contribution in [1.29, 1.82) is 0 Å². The lowest BCUT2D eigenvalue weighted by Gasteiger charge is -2.10. The lowest BCUT2D eigenvalue weighted by molar-refractivity contribution is 0.608. The van der Waals surface area contributed by atoms with E-state index in [-0.39, 0.29) is 5.54 Å². The maximum atomic E-state index is 6.04. The van der Waals surface area contributed by atoms with E-state index >= 15 is 0 Å². The number of anilines is 1. The molecule has 1 saturated carbocycles. The van der Waals surface area contributed by atoms with Gasteiger partial charge in [-0.1, -0.05) is 15.9 Å². The summed E-state index contributed by atoms with van der Waals surface area (Å²) in [4.78, 5) is 0. The van der Waals surface area contributed by atoms with Crippen LogP contribution in [0.25, 0.3) is 0 Å². The third-order valence-corrected chi connectivity index (χ3v) is 3.63. The minimum Gasteiger partial charge on any atom is -0.399 e. The SMILES string of the molecule is Nc1ccc(Br)c(CCC2(N)CC2)c1. The fourth-order valence-corrected chi connectivity index (χ4v) is 2.03. The second kappa shape index (κ2) is 3.55. The summed E-state index contributed by atoms with van der Waals surface area (Å²) in [6, 6.07) is 5.93. The van der Waals surface area contributed by atoms with Gasteiger partial charge < -0.3 is 11.5 Å². The Morgan fingerprint density at radius 3 is 2.71 bits per heavy atom. The van der Waals surface area contributed by atoms with Crippen molar-refractivity contribution < 1.29 is 0 Å². The predicted molar refractivity (Wildman–Crippen MR) is 63.0 cm³/mol. The molecule has 0 amide bonds. The van der Waals surface area contributed by atoms with Crippen LogP contribution in [0.3, 0.4) is 0 Å². The number of nitrogens with two attached hydrogens (primary N) is 2. The number of hydrogen-bond donors (Lipinski definition) is 2. The molecule has 0 heterocycles. The normalized spacial score (nSPS) is 18.1. The van der Waals surface area contributed by atoms with Crippen LogP contribution in [0.15, 0.2) is 22.7 Å². The van der Waals surface area contributed by atoms with E-state index in [1.807, 2.05) is 18.2 Å². The quantitative estimate of drug-likeness (QED) is 0.815. The van der Waals surface area contributed by atoms with Crippen molar-refractivity contribution in [2.75, 3.05) is 5.73 Å². The molecule has 1 fully saturated rings. The molecule has 0 aromatic heterocycles. The molecule has 14 heavy (non-hydrogen) atoms. The highest BCUT2D eigenvalue weighted by Gasteiger charge is 2.37. The number of aryl methyl sites for hydroxylation is 1. The average molecular weight is 255 g/mol. The van der Waals surface area contributed by atoms with Gasteiger partial charge in [0.1, 0.15) is 0 Å². The fraction of sp³-hybridized carbons (Fsp3) is 0.455. The van der Waals surface area contributed by atoms with Gasteiger partial charge in [0, 0.05) is 15.7 Å². The molecule has 1 aliphatic carbocycles. The van der Waals surface area contributed by atoms with Gasteiger partial charge in [0.05, 0.1) is 0 Å². The number of hydrogen-bond acceptors (Lipinski definition) is 2. The van der Waals surface area contributed by atoms with E-state index < -0.39 is 0 Å². The molecule has 0 aliphatic heterocycles. The summed E-state index contributed by atoms with van der Waals surface area (Å²) < 4.78 is 1.14. The summed E-state index contributed by atoms with van der Waals surface area (Å²) in [5.41, 5.74) is 14.0. The third kappa shape index (κ3) is 2.28. The molecule has 76 valence electrons. The Morgan fingerprint density at radius 2 is 2.07 bits per heavy atom. The highest BCUT2D eigenvalue weighted by Crippen LogP contribution is 2.37. The molecule has 2 rings (SSSR count). The van der Waals surface area contributed by atoms with Crippen molar-refractivity contribution in [2.45, 2.75) is 31.2 Å². The molecule has 3 heteroatoms. The van der Waals surface area contributed by atoms with Crippen molar-refractivity contribution in [1.82, 2.24) is 0 Å². The largest absolute Gasteiger partial charge is 0.399 e. The summed E-state index contributed by atoms with van der Waals surface area (Å²) in [6.45, 7) is 0. The minimum absolute atomic E-state index is 0.129. The maximum Gasteiger partial charge on any atom is 0.0317 e. The Morgan fingerprint density at radius 1 is 1.36 bits per heavy atom. The Labute approximate surface area is 92.8 Å². The number of benzene rings is 1. The summed E-state index contributed by atoms with van der Waals surface area (Å²) >= 11 is 3.52. The molecule has 0 spiro atoms. The lowest BCUT2D eigenvalue weighted by atomic mass is 10.0. The lowest BCUT2D eigenvalue weighted by Crippen LogP contribution is -2.22. The first-order chi connectivity index (χ1) is 6.59. The topological polar surface area (TPSA) is 52.0 Å². The fourth-order valence-electron chi connectivity index (χ4n) is 1.58. The standard InChI is InChI=1S/C11H15BrN2/c12-10-2-1-9(13)7-8(10)3-4-11(14)5-6-11/h1-2,7H,3-6,13-14H2. The molecule has 2 nitrogen and oxygen atoms in total. The van der Waals surface area contributed by atoms with Crippen LogP contribution >= 0.6 is 15.9 Å². The second-order valence-corrected chi connectivity index (χ2v) is 5.07. The predicted octanol–water partition coefficient (Wildman–Crippen LogP) is 2.46. The zero-order valence-electron chi connectivity index (χ0n) is 8.09. The zero-order valence-corrected chi connectivity index (χ0v) is 9.68. The van der Waals surface area contributed by atoms with E-state index in [1.54, 1.807) is 0 Å². The first-order valence-corrected chi connectivity index (χ1v) is 5.71. The molecule has 0 saturated heterocycles. The number of nitrogen functional groups attached to an aromatic ring is 1. The minimum atomic E-state index is 0.129. The van der Waals surface area contributed by atoms with Crippen molar-refractivity contribution in [3.63, 3.8) is 0 Å². The number of rotatable bonds is 3. The van der Waals surface area contributed by atoms with Crippen LogP contribution in [0.4, 0.5) is 5.69 Å². The van der Waals surface area contributed by atoms with E-state index in [9.17, 15) is 0 Å². The maximum absolute atomic E-state index is 6.04. The summed E-state index contributed by atoms with van der Waals surface area (Å²) in [5, 5.41) is 0. The van der Waals surface area contributed by atoms with Gasteiger partial charge in [-0.3, -0.25) is 0 Å². The summed E-state index contributed by atoms with van der Waals surface area (Å²) in [6.07, 6.45) is 4.43. The van der Waals surface area contributed by atoms with Gasteiger partial charge in [-0.25, -0.2) is 0 Å². The van der Waals surface area contributed by atoms with Crippen molar-refractivity contribution >= 4 is 21.6 Å². The van der Waals surface area contributed by atoms with Gasteiger partial charge in [-0.15, -0.1) is 0 Å². The van der Waals surface area contributed by atoms with Gasteiger partial charge in [0.2, 0.25) is 0 Å². The van der Waals surface area contributed by atoms with Crippen molar-refractivity contribution in [3.05, 3.63) is 28.2 Å². The Kier molecular flexibility index (Phi) is 2.54. The van der Waals surface area contributed by atoms with Crippen LogP contribution in [-0.2, 0) is 6.42 Å². The average Bonchev–Trinajstić information content (AvgIpc) is 2.87. The molecule has 1 aromatic carbocycles. The first-order valence-electron chi connectivity index (χ1n) is 4.92. The zero-order chi connectivity index (χ0) is 10.2. The van der Waals surface area contributed by atoms with Crippen LogP contribution in [-0.4, -0.2) is 5.54 Å². The molecule has 0 bridgehead atoms. The summed E-state index contributed by atoms with van der Waals surface area (Å²) in [7, 11) is 0. The molecule has 1 aromatic rings. The summed E-state index contributed by atoms with van der Waals surface area (Å²) in [5.74, 6) is 0. The monoisotopic (exact) mass is 254 g/mol. The van der Waals surface area contributed by atoms with Crippen molar-refractivity contribution in [2.24, 2.45) is 5.73 Å². The molecule has 0 unspecified atom stereocenters. The highest BCUT2D eigenvalue weighted by molar-refractivity contribution is 9.10. The van der Waals surface area contributed by atoms with Gasteiger partial charge in [-0.2, -0.15) is 0 Å². The van der Waals surface area contributed by atoms with E-state index in [0.29, 0.717) is 0 Å². The molecule has 4 N–H and O–H groups in total. The van der Waals surface area contributed by atoms with Crippen LogP contribution in [0, 0.1) is 0 Å². The highest BCUT2D eigenvalue weighted by atomic mass is 79.9. The van der Waals surface area contributed by atoms with Gasteiger partial charge in [-0.05, 0) is 49.4 Å². The number of halogens is 1. The Hall–Kier alpha value is -0.540. The third-order valence-electron chi connectivity index (χ3n) is 2.85. The van der Waals surface area contributed by atoms with Crippen LogP contribution in [0.5, 0.6) is 0 Å². The van der Waals surface area contributed by atoms with Gasteiger partial charge >= 0.3 is 0 Å². The molecule has 0 radical (unpaired) electrons. The molecule has 0 atom stereocenters. The van der Waals surface area contributed by atoms with Gasteiger partial charge in [0.25, 0.3) is 0 Å². The second-order valence-electron chi connectivity index (χ2n) is 4.21. The van der Waals surface area contributed by atoms with E-state index in [1.165, 1.54) is 18.4 Å². The Balaban J connectivity index is 2.04. The van der Waals surface area contributed by atoms with Gasteiger partial charge in [0.15, 0.2) is 0 Å². The van der Waals surface area contributed by atoms with E-state index in [2.05, 4.69) is 15.9 Å². The van der Waals surface area contributed by atoms with E-state index in [4.69, 9.17) is 11.5 Å². The molecule has 1 aliphatic rings. The molecular weight excluding hydrogens is 240 g/mol.